The van der Waals surface area contributed by atoms with Crippen molar-refractivity contribution < 1.29 is 4.79 Å². The predicted molar refractivity (Wildman–Crippen MR) is 85.7 cm³/mol. The van der Waals surface area contributed by atoms with E-state index in [1.807, 2.05) is 17.5 Å². The molecule has 3 nitrogen and oxygen atoms in total. The van der Waals surface area contributed by atoms with E-state index in [0.717, 1.165) is 10.6 Å². The van der Waals surface area contributed by atoms with Gasteiger partial charge < -0.3 is 10.2 Å². The number of likely N-dealkylation sites (N-methyl/N-ethyl adjacent to an activating group) is 1. The number of amides is 1. The monoisotopic (exact) mass is 328 g/mol. The summed E-state index contributed by atoms with van der Waals surface area (Å²) in [7, 11) is 1.79. The molecule has 20 heavy (non-hydrogen) atoms. The topological polar surface area (TPSA) is 32.3 Å². The van der Waals surface area contributed by atoms with Crippen LogP contribution in [0, 0.1) is 0 Å². The van der Waals surface area contributed by atoms with Gasteiger partial charge in [-0.2, -0.15) is 0 Å². The SMILES string of the molecule is CN(Cc1cccs1)C(=O)CNc1ccc(Cl)c(Cl)c1. The Morgan fingerprint density at radius 3 is 2.75 bits per heavy atom. The van der Waals surface area contributed by atoms with Crippen molar-refractivity contribution in [3.63, 3.8) is 0 Å². The summed E-state index contributed by atoms with van der Waals surface area (Å²) >= 11 is 13.4. The van der Waals surface area contributed by atoms with Gasteiger partial charge in [-0.3, -0.25) is 4.79 Å². The van der Waals surface area contributed by atoms with Gasteiger partial charge >= 0.3 is 0 Å². The largest absolute Gasteiger partial charge is 0.376 e. The van der Waals surface area contributed by atoms with Gasteiger partial charge in [-0.1, -0.05) is 29.3 Å². The minimum atomic E-state index is 0.0180. The number of rotatable bonds is 5. The molecule has 1 aromatic heterocycles. The number of carbonyl (C=O) groups excluding carboxylic acids is 1. The zero-order valence-corrected chi connectivity index (χ0v) is 13.2. The van der Waals surface area contributed by atoms with Gasteiger partial charge in [0.2, 0.25) is 5.91 Å². The van der Waals surface area contributed by atoms with Crippen LogP contribution in [0.25, 0.3) is 0 Å². The zero-order chi connectivity index (χ0) is 14.5. The van der Waals surface area contributed by atoms with Crippen LogP contribution in [-0.2, 0) is 11.3 Å². The minimum absolute atomic E-state index is 0.0180. The number of hydrogen-bond acceptors (Lipinski definition) is 3. The Labute approximate surface area is 132 Å². The highest BCUT2D eigenvalue weighted by Crippen LogP contribution is 2.24. The van der Waals surface area contributed by atoms with Gasteiger partial charge in [0.25, 0.3) is 0 Å². The maximum Gasteiger partial charge on any atom is 0.241 e. The molecule has 0 aliphatic heterocycles. The van der Waals surface area contributed by atoms with Crippen molar-refractivity contribution in [2.75, 3.05) is 18.9 Å². The maximum absolute atomic E-state index is 12.0. The van der Waals surface area contributed by atoms with Crippen molar-refractivity contribution in [2.45, 2.75) is 6.54 Å². The van der Waals surface area contributed by atoms with E-state index in [-0.39, 0.29) is 12.5 Å². The highest BCUT2D eigenvalue weighted by atomic mass is 35.5. The molecule has 0 unspecified atom stereocenters. The smallest absolute Gasteiger partial charge is 0.241 e. The lowest BCUT2D eigenvalue weighted by Crippen LogP contribution is -2.31. The van der Waals surface area contributed by atoms with Gasteiger partial charge in [0.15, 0.2) is 0 Å². The fourth-order valence-electron chi connectivity index (χ4n) is 1.64. The Morgan fingerprint density at radius 1 is 1.30 bits per heavy atom. The standard InChI is InChI=1S/C14H14Cl2N2OS/c1-18(9-11-3-2-6-20-11)14(19)8-17-10-4-5-12(15)13(16)7-10/h2-7,17H,8-9H2,1H3. The summed E-state index contributed by atoms with van der Waals surface area (Å²) in [5, 5.41) is 6.01. The van der Waals surface area contributed by atoms with Crippen molar-refractivity contribution in [3.05, 3.63) is 50.6 Å². The third-order valence-electron chi connectivity index (χ3n) is 2.76. The molecular weight excluding hydrogens is 315 g/mol. The average molecular weight is 329 g/mol. The van der Waals surface area contributed by atoms with Gasteiger partial charge in [0.1, 0.15) is 0 Å². The van der Waals surface area contributed by atoms with E-state index >= 15 is 0 Å². The van der Waals surface area contributed by atoms with Gasteiger partial charge in [-0.05, 0) is 29.6 Å². The molecule has 0 atom stereocenters. The molecule has 0 saturated heterocycles. The van der Waals surface area contributed by atoms with Crippen LogP contribution >= 0.6 is 34.5 Å². The van der Waals surface area contributed by atoms with E-state index in [0.29, 0.717) is 16.6 Å². The van der Waals surface area contributed by atoms with Gasteiger partial charge in [-0.25, -0.2) is 0 Å². The Morgan fingerprint density at radius 2 is 2.10 bits per heavy atom. The first-order valence-corrected chi connectivity index (χ1v) is 7.65. The number of anilines is 1. The van der Waals surface area contributed by atoms with Crippen molar-refractivity contribution in [1.29, 1.82) is 0 Å². The Bertz CT molecular complexity index is 587. The average Bonchev–Trinajstić information content (AvgIpc) is 2.92. The molecule has 1 heterocycles. The first kappa shape index (κ1) is 15.2. The Balaban J connectivity index is 1.86. The van der Waals surface area contributed by atoms with Gasteiger partial charge in [-0.15, -0.1) is 11.3 Å². The summed E-state index contributed by atoms with van der Waals surface area (Å²) in [6.45, 7) is 0.847. The number of hydrogen-bond donors (Lipinski definition) is 1. The van der Waals surface area contributed by atoms with E-state index in [1.165, 1.54) is 0 Å². The van der Waals surface area contributed by atoms with E-state index in [2.05, 4.69) is 5.32 Å². The lowest BCUT2D eigenvalue weighted by Gasteiger charge is -2.17. The van der Waals surface area contributed by atoms with Crippen LogP contribution in [0.4, 0.5) is 5.69 Å². The fraction of sp³-hybridized carbons (Fsp3) is 0.214. The molecule has 0 fully saturated rings. The molecule has 1 amide bonds. The van der Waals surface area contributed by atoms with Crippen LogP contribution in [-0.4, -0.2) is 24.4 Å². The molecule has 0 saturated carbocycles. The number of nitrogens with one attached hydrogen (secondary N) is 1. The maximum atomic E-state index is 12.0. The van der Waals surface area contributed by atoms with Crippen molar-refractivity contribution in [3.8, 4) is 0 Å². The normalized spacial score (nSPS) is 10.3. The molecule has 1 N–H and O–H groups in total. The molecule has 0 radical (unpaired) electrons. The second kappa shape index (κ2) is 6.97. The number of halogens is 2. The van der Waals surface area contributed by atoms with E-state index in [4.69, 9.17) is 23.2 Å². The molecule has 106 valence electrons. The minimum Gasteiger partial charge on any atom is -0.376 e. The highest BCUT2D eigenvalue weighted by molar-refractivity contribution is 7.09. The molecule has 0 aliphatic rings. The second-order valence-corrected chi connectivity index (χ2v) is 6.16. The number of carbonyl (C=O) groups is 1. The summed E-state index contributed by atoms with van der Waals surface area (Å²) in [5.41, 5.74) is 0.775. The Hall–Kier alpha value is -1.23. The summed E-state index contributed by atoms with van der Waals surface area (Å²) in [5.74, 6) is 0.0180. The third kappa shape index (κ3) is 4.13. The highest BCUT2D eigenvalue weighted by Gasteiger charge is 2.09. The molecule has 0 bridgehead atoms. The first-order chi connectivity index (χ1) is 9.56. The van der Waals surface area contributed by atoms with Crippen LogP contribution in [0.1, 0.15) is 4.88 Å². The van der Waals surface area contributed by atoms with E-state index < -0.39 is 0 Å². The molecule has 6 heteroatoms. The van der Waals surface area contributed by atoms with Crippen LogP contribution in [0.2, 0.25) is 10.0 Å². The van der Waals surface area contributed by atoms with Gasteiger partial charge in [0.05, 0.1) is 23.1 Å². The molecular formula is C14H14Cl2N2OS. The quantitative estimate of drug-likeness (QED) is 0.895. The van der Waals surface area contributed by atoms with Crippen LogP contribution in [0.3, 0.4) is 0 Å². The molecule has 0 spiro atoms. The molecule has 2 rings (SSSR count). The van der Waals surface area contributed by atoms with Crippen LogP contribution in [0.5, 0.6) is 0 Å². The predicted octanol–water partition coefficient (Wildman–Crippen LogP) is 4.13. The second-order valence-electron chi connectivity index (χ2n) is 4.31. The first-order valence-electron chi connectivity index (χ1n) is 6.01. The fourth-order valence-corrected chi connectivity index (χ4v) is 2.70. The van der Waals surface area contributed by atoms with Crippen LogP contribution in [0.15, 0.2) is 35.7 Å². The van der Waals surface area contributed by atoms with E-state index in [9.17, 15) is 4.79 Å². The van der Waals surface area contributed by atoms with E-state index in [1.54, 1.807) is 41.5 Å². The van der Waals surface area contributed by atoms with Crippen LogP contribution < -0.4 is 5.32 Å². The number of thiophene rings is 1. The van der Waals surface area contributed by atoms with Crippen molar-refractivity contribution in [1.82, 2.24) is 4.90 Å². The summed E-state index contributed by atoms with van der Waals surface area (Å²) in [4.78, 5) is 14.9. The summed E-state index contributed by atoms with van der Waals surface area (Å²) in [6.07, 6.45) is 0. The molecule has 2 aromatic rings. The third-order valence-corrected chi connectivity index (χ3v) is 4.36. The van der Waals surface area contributed by atoms with Crippen molar-refractivity contribution in [2.24, 2.45) is 0 Å². The molecule has 1 aromatic carbocycles. The molecule has 0 aliphatic carbocycles. The number of nitrogens with zero attached hydrogens (tertiary/aromatic N) is 1. The summed E-state index contributed by atoms with van der Waals surface area (Å²) < 4.78 is 0. The zero-order valence-electron chi connectivity index (χ0n) is 10.9. The summed E-state index contributed by atoms with van der Waals surface area (Å²) in [6, 6.07) is 9.19. The van der Waals surface area contributed by atoms with Crippen molar-refractivity contribution >= 4 is 46.1 Å². The lowest BCUT2D eigenvalue weighted by molar-refractivity contribution is -0.128. The van der Waals surface area contributed by atoms with Gasteiger partial charge in [0, 0.05) is 17.6 Å². The lowest BCUT2D eigenvalue weighted by atomic mass is 10.3. The number of benzene rings is 1. The Kier molecular flexibility index (Phi) is 5.29.